The number of hydrogen-bond donors (Lipinski definition) is 2. The topological polar surface area (TPSA) is 44.4 Å². The van der Waals surface area contributed by atoms with Gasteiger partial charge in [0.25, 0.3) is 0 Å². The molecule has 1 unspecified atom stereocenters. The standard InChI is InChI=1S/C14H20ClN3O/c1-2-18(11-6-5-9-16-10-11)14(19)17-13-8-4-3-7-12(13)15/h3-4,7-8,11,16H,2,5-6,9-10H2,1H3,(H,17,19). The molecule has 0 bridgehead atoms. The zero-order valence-corrected chi connectivity index (χ0v) is 11.9. The van der Waals surface area contributed by atoms with E-state index in [0.717, 1.165) is 25.9 Å². The molecule has 1 aromatic carbocycles. The van der Waals surface area contributed by atoms with Crippen LogP contribution in [0.3, 0.4) is 0 Å². The highest BCUT2D eigenvalue weighted by atomic mass is 35.5. The second-order valence-corrected chi connectivity index (χ2v) is 5.10. The maximum absolute atomic E-state index is 12.3. The molecule has 1 saturated heterocycles. The Kier molecular flexibility index (Phi) is 5.05. The van der Waals surface area contributed by atoms with Crippen molar-refractivity contribution in [2.75, 3.05) is 25.0 Å². The van der Waals surface area contributed by atoms with Gasteiger partial charge in [-0.2, -0.15) is 0 Å². The van der Waals surface area contributed by atoms with Crippen LogP contribution >= 0.6 is 11.6 Å². The van der Waals surface area contributed by atoms with Gasteiger partial charge in [0.2, 0.25) is 0 Å². The molecule has 19 heavy (non-hydrogen) atoms. The third-order valence-electron chi connectivity index (χ3n) is 3.43. The van der Waals surface area contributed by atoms with Crippen LogP contribution in [0.15, 0.2) is 24.3 Å². The van der Waals surface area contributed by atoms with Crippen LogP contribution in [0, 0.1) is 0 Å². The fraction of sp³-hybridized carbons (Fsp3) is 0.500. The molecular weight excluding hydrogens is 262 g/mol. The third-order valence-corrected chi connectivity index (χ3v) is 3.76. The van der Waals surface area contributed by atoms with Crippen LogP contribution in [0.25, 0.3) is 0 Å². The van der Waals surface area contributed by atoms with E-state index in [0.29, 0.717) is 17.3 Å². The van der Waals surface area contributed by atoms with Gasteiger partial charge < -0.3 is 15.5 Å². The molecule has 0 spiro atoms. The Balaban J connectivity index is 2.02. The number of carbonyl (C=O) groups excluding carboxylic acids is 1. The molecule has 1 fully saturated rings. The first kappa shape index (κ1) is 14.2. The molecule has 1 aliphatic heterocycles. The van der Waals surface area contributed by atoms with Crippen molar-refractivity contribution in [3.63, 3.8) is 0 Å². The molecule has 2 amide bonds. The van der Waals surface area contributed by atoms with Crippen molar-refractivity contribution in [2.24, 2.45) is 0 Å². The number of piperidine rings is 1. The fourth-order valence-electron chi connectivity index (χ4n) is 2.42. The third kappa shape index (κ3) is 3.61. The van der Waals surface area contributed by atoms with E-state index in [1.165, 1.54) is 0 Å². The number of hydrogen-bond acceptors (Lipinski definition) is 2. The number of nitrogens with one attached hydrogen (secondary N) is 2. The Morgan fingerprint density at radius 1 is 1.53 bits per heavy atom. The average Bonchev–Trinajstić information content (AvgIpc) is 2.43. The first-order valence-electron chi connectivity index (χ1n) is 6.75. The molecule has 104 valence electrons. The number of urea groups is 1. The highest BCUT2D eigenvalue weighted by molar-refractivity contribution is 6.33. The minimum atomic E-state index is -0.0794. The summed E-state index contributed by atoms with van der Waals surface area (Å²) in [6.45, 7) is 4.60. The lowest BCUT2D eigenvalue weighted by molar-refractivity contribution is 0.177. The maximum Gasteiger partial charge on any atom is 0.322 e. The normalized spacial score (nSPS) is 18.9. The van der Waals surface area contributed by atoms with E-state index in [2.05, 4.69) is 10.6 Å². The highest BCUT2D eigenvalue weighted by Gasteiger charge is 2.24. The number of carbonyl (C=O) groups is 1. The van der Waals surface area contributed by atoms with Crippen LogP contribution in [0.5, 0.6) is 0 Å². The van der Waals surface area contributed by atoms with E-state index >= 15 is 0 Å². The van der Waals surface area contributed by atoms with Crippen molar-refractivity contribution in [3.05, 3.63) is 29.3 Å². The van der Waals surface area contributed by atoms with E-state index < -0.39 is 0 Å². The molecule has 0 saturated carbocycles. The number of rotatable bonds is 3. The summed E-state index contributed by atoms with van der Waals surface area (Å²) in [5, 5.41) is 6.78. The maximum atomic E-state index is 12.3. The summed E-state index contributed by atoms with van der Waals surface area (Å²) in [6.07, 6.45) is 2.16. The lowest BCUT2D eigenvalue weighted by atomic mass is 10.1. The number of benzene rings is 1. The first-order valence-corrected chi connectivity index (χ1v) is 7.13. The van der Waals surface area contributed by atoms with Crippen molar-refractivity contribution in [3.8, 4) is 0 Å². The Morgan fingerprint density at radius 3 is 2.95 bits per heavy atom. The van der Waals surface area contributed by atoms with Crippen LogP contribution in [0.4, 0.5) is 10.5 Å². The molecule has 0 aromatic heterocycles. The molecule has 2 rings (SSSR count). The molecule has 0 radical (unpaired) electrons. The van der Waals surface area contributed by atoms with Crippen molar-refractivity contribution in [2.45, 2.75) is 25.8 Å². The number of halogens is 1. The molecular formula is C14H20ClN3O. The van der Waals surface area contributed by atoms with Gasteiger partial charge in [0.05, 0.1) is 10.7 Å². The van der Waals surface area contributed by atoms with Crippen LogP contribution in [-0.2, 0) is 0 Å². The summed E-state index contributed by atoms with van der Waals surface area (Å²) in [7, 11) is 0. The van der Waals surface area contributed by atoms with Gasteiger partial charge in [-0.05, 0) is 38.4 Å². The molecule has 1 heterocycles. The predicted molar refractivity (Wildman–Crippen MR) is 78.7 cm³/mol. The SMILES string of the molecule is CCN(C(=O)Nc1ccccc1Cl)C1CCCNC1. The van der Waals surface area contributed by atoms with Gasteiger partial charge in [-0.3, -0.25) is 0 Å². The smallest absolute Gasteiger partial charge is 0.321 e. The van der Waals surface area contributed by atoms with Crippen molar-refractivity contribution in [1.82, 2.24) is 10.2 Å². The van der Waals surface area contributed by atoms with Gasteiger partial charge in [-0.15, -0.1) is 0 Å². The lowest BCUT2D eigenvalue weighted by Gasteiger charge is -2.34. The Labute approximate surface area is 119 Å². The van der Waals surface area contributed by atoms with Gasteiger partial charge >= 0.3 is 6.03 Å². The molecule has 2 N–H and O–H groups in total. The number of amides is 2. The summed E-state index contributed by atoms with van der Waals surface area (Å²) in [5.41, 5.74) is 0.663. The van der Waals surface area contributed by atoms with Gasteiger partial charge in [0.1, 0.15) is 0 Å². The molecule has 4 nitrogen and oxygen atoms in total. The van der Waals surface area contributed by atoms with Crippen LogP contribution in [0.2, 0.25) is 5.02 Å². The van der Waals surface area contributed by atoms with Crippen LogP contribution in [0.1, 0.15) is 19.8 Å². The van der Waals surface area contributed by atoms with E-state index in [9.17, 15) is 4.79 Å². The van der Waals surface area contributed by atoms with Gasteiger partial charge in [-0.1, -0.05) is 23.7 Å². The van der Waals surface area contributed by atoms with E-state index in [1.807, 2.05) is 30.0 Å². The summed E-state index contributed by atoms with van der Waals surface area (Å²) in [4.78, 5) is 14.2. The number of para-hydroxylation sites is 1. The quantitative estimate of drug-likeness (QED) is 0.895. The summed E-state index contributed by atoms with van der Waals surface area (Å²) < 4.78 is 0. The van der Waals surface area contributed by atoms with Gasteiger partial charge in [0, 0.05) is 19.1 Å². The summed E-state index contributed by atoms with van der Waals surface area (Å²) in [5.74, 6) is 0. The van der Waals surface area contributed by atoms with Crippen LogP contribution < -0.4 is 10.6 Å². The number of anilines is 1. The number of likely N-dealkylation sites (N-methyl/N-ethyl adjacent to an activating group) is 1. The average molecular weight is 282 g/mol. The van der Waals surface area contributed by atoms with Crippen molar-refractivity contribution < 1.29 is 4.79 Å². The fourth-order valence-corrected chi connectivity index (χ4v) is 2.60. The van der Waals surface area contributed by atoms with E-state index in [1.54, 1.807) is 6.07 Å². The predicted octanol–water partition coefficient (Wildman–Crippen LogP) is 2.95. The highest BCUT2D eigenvalue weighted by Crippen LogP contribution is 2.21. The molecule has 5 heteroatoms. The van der Waals surface area contributed by atoms with Crippen molar-refractivity contribution >= 4 is 23.3 Å². The number of nitrogens with zero attached hydrogens (tertiary/aromatic N) is 1. The lowest BCUT2D eigenvalue weighted by Crippen LogP contribution is -2.50. The van der Waals surface area contributed by atoms with Gasteiger partial charge in [-0.25, -0.2) is 4.79 Å². The minimum Gasteiger partial charge on any atom is -0.321 e. The second-order valence-electron chi connectivity index (χ2n) is 4.70. The van der Waals surface area contributed by atoms with Crippen LogP contribution in [-0.4, -0.2) is 36.6 Å². The molecule has 1 aliphatic rings. The van der Waals surface area contributed by atoms with E-state index in [4.69, 9.17) is 11.6 Å². The molecule has 1 aromatic rings. The molecule has 0 aliphatic carbocycles. The Hall–Kier alpha value is -1.26. The van der Waals surface area contributed by atoms with Crippen molar-refractivity contribution in [1.29, 1.82) is 0 Å². The summed E-state index contributed by atoms with van der Waals surface area (Å²) in [6, 6.07) is 7.48. The summed E-state index contributed by atoms with van der Waals surface area (Å²) >= 11 is 6.06. The van der Waals surface area contributed by atoms with Gasteiger partial charge in [0.15, 0.2) is 0 Å². The first-order chi connectivity index (χ1) is 9.22. The minimum absolute atomic E-state index is 0.0794. The Bertz CT molecular complexity index is 432. The van der Waals surface area contributed by atoms with E-state index in [-0.39, 0.29) is 12.1 Å². The second kappa shape index (κ2) is 6.78. The largest absolute Gasteiger partial charge is 0.322 e. The Morgan fingerprint density at radius 2 is 2.32 bits per heavy atom. The monoisotopic (exact) mass is 281 g/mol. The molecule has 1 atom stereocenters. The zero-order chi connectivity index (χ0) is 13.7. The zero-order valence-electron chi connectivity index (χ0n) is 11.2.